The number of amides is 1. The van der Waals surface area contributed by atoms with Crippen LogP contribution in [0.4, 0.5) is 10.7 Å². The van der Waals surface area contributed by atoms with Gasteiger partial charge in [0.1, 0.15) is 22.8 Å². The van der Waals surface area contributed by atoms with Gasteiger partial charge in [-0.25, -0.2) is 14.8 Å². The fraction of sp³-hybridized carbons (Fsp3) is 0.333. The lowest BCUT2D eigenvalue weighted by Crippen LogP contribution is -2.51. The van der Waals surface area contributed by atoms with E-state index in [-0.39, 0.29) is 30.3 Å². The molecule has 2 aliphatic heterocycles. The molecule has 40 heavy (non-hydrogen) atoms. The Hall–Kier alpha value is -3.16. The molecule has 3 aromatic rings. The average molecular weight is 603 g/mol. The van der Waals surface area contributed by atoms with E-state index in [4.69, 9.17) is 30.5 Å². The molecule has 2 aromatic heterocycles. The number of carbonyl (C=O) groups is 2. The lowest BCUT2D eigenvalue weighted by atomic mass is 9.80. The molecule has 1 N–H and O–H groups in total. The Labute approximate surface area is 244 Å². The van der Waals surface area contributed by atoms with Gasteiger partial charge < -0.3 is 29.2 Å². The van der Waals surface area contributed by atoms with Gasteiger partial charge in [0.2, 0.25) is 5.95 Å². The number of nitrogens with zero attached hydrogens (tertiary/aromatic N) is 3. The van der Waals surface area contributed by atoms with Crippen LogP contribution < -0.4 is 10.2 Å². The molecule has 1 saturated heterocycles. The number of halogens is 1. The van der Waals surface area contributed by atoms with Crippen LogP contribution >= 0.6 is 34.7 Å². The zero-order valence-corrected chi connectivity index (χ0v) is 24.0. The Kier molecular flexibility index (Phi) is 9.22. The normalized spacial score (nSPS) is 19.4. The molecule has 1 fully saturated rings. The Morgan fingerprint density at radius 2 is 1.95 bits per heavy atom. The summed E-state index contributed by atoms with van der Waals surface area (Å²) in [4.78, 5) is 38.6. The van der Waals surface area contributed by atoms with Gasteiger partial charge in [0, 0.05) is 49.5 Å². The maximum Gasteiger partial charge on any atom is 0.513 e. The van der Waals surface area contributed by atoms with Gasteiger partial charge >= 0.3 is 6.16 Å². The van der Waals surface area contributed by atoms with Crippen LogP contribution in [0.25, 0.3) is 0 Å². The summed E-state index contributed by atoms with van der Waals surface area (Å²) in [6.45, 7) is 2.83. The number of nitrogens with one attached hydrogen (secondary N) is 1. The standard InChI is InChI=1S/C27H27ClN4O6S2/c1-35-11-12-37-26(34)38-21-14-27(18-6-13-39-17-18,19-15-29-25(30-16-19)32-7-9-36-10-8-32)31-24(33)23(21)40-22-5-3-2-4-20(22)28/h2-6,13,15-17H,7-12,14H2,1H3,(H,31,33). The molecule has 210 valence electrons. The highest BCUT2D eigenvalue weighted by Gasteiger charge is 2.45. The van der Waals surface area contributed by atoms with Crippen LogP contribution in [-0.4, -0.2) is 68.7 Å². The van der Waals surface area contributed by atoms with E-state index in [1.807, 2.05) is 27.8 Å². The third kappa shape index (κ3) is 6.26. The molecule has 2 aliphatic rings. The zero-order chi connectivity index (χ0) is 28.0. The van der Waals surface area contributed by atoms with Gasteiger partial charge in [0.15, 0.2) is 0 Å². The molecule has 10 nitrogen and oxygen atoms in total. The number of aromatic nitrogens is 2. The van der Waals surface area contributed by atoms with Crippen LogP contribution in [-0.2, 0) is 29.3 Å². The number of carbonyl (C=O) groups excluding carboxylic acids is 2. The predicted octanol–water partition coefficient (Wildman–Crippen LogP) is 4.60. The third-order valence-electron chi connectivity index (χ3n) is 6.41. The number of thiophene rings is 1. The van der Waals surface area contributed by atoms with E-state index in [0.717, 1.165) is 17.3 Å². The molecule has 1 atom stereocenters. The molecule has 0 bridgehead atoms. The van der Waals surface area contributed by atoms with Gasteiger partial charge in [-0.15, -0.1) is 0 Å². The second-order valence-electron chi connectivity index (χ2n) is 8.90. The van der Waals surface area contributed by atoms with Crippen molar-refractivity contribution in [2.24, 2.45) is 0 Å². The summed E-state index contributed by atoms with van der Waals surface area (Å²) in [5.74, 6) is 0.303. The fourth-order valence-corrected chi connectivity index (χ4v) is 6.28. The largest absolute Gasteiger partial charge is 0.513 e. The number of hydrogen-bond donors (Lipinski definition) is 1. The summed E-state index contributed by atoms with van der Waals surface area (Å²) >= 11 is 9.00. The number of ether oxygens (including phenoxy) is 4. The summed E-state index contributed by atoms with van der Waals surface area (Å²) < 4.78 is 21.3. The van der Waals surface area contributed by atoms with Crippen molar-refractivity contribution < 1.29 is 28.5 Å². The number of benzene rings is 1. The van der Waals surface area contributed by atoms with Crippen LogP contribution in [0.15, 0.2) is 69.0 Å². The number of methoxy groups -OCH3 is 1. The van der Waals surface area contributed by atoms with E-state index < -0.39 is 17.6 Å². The van der Waals surface area contributed by atoms with Gasteiger partial charge in [-0.1, -0.05) is 35.5 Å². The molecule has 0 saturated carbocycles. The summed E-state index contributed by atoms with van der Waals surface area (Å²) in [6.07, 6.45) is 2.59. The van der Waals surface area contributed by atoms with E-state index in [2.05, 4.69) is 15.3 Å². The van der Waals surface area contributed by atoms with E-state index in [9.17, 15) is 9.59 Å². The minimum Gasteiger partial charge on any atom is -0.432 e. The van der Waals surface area contributed by atoms with Gasteiger partial charge in [0.25, 0.3) is 5.91 Å². The first-order valence-corrected chi connectivity index (χ1v) is 14.6. The second kappa shape index (κ2) is 13.0. The number of morpholine rings is 1. The minimum atomic E-state index is -1.09. The summed E-state index contributed by atoms with van der Waals surface area (Å²) in [5, 5.41) is 7.50. The molecule has 5 rings (SSSR count). The molecule has 1 unspecified atom stereocenters. The van der Waals surface area contributed by atoms with Crippen molar-refractivity contribution in [2.45, 2.75) is 16.9 Å². The predicted molar refractivity (Wildman–Crippen MR) is 152 cm³/mol. The van der Waals surface area contributed by atoms with Gasteiger partial charge in [-0.05, 0) is 34.5 Å². The maximum atomic E-state index is 13.8. The van der Waals surface area contributed by atoms with Crippen molar-refractivity contribution in [3.8, 4) is 0 Å². The SMILES string of the molecule is COCCOC(=O)OC1=C(Sc2ccccc2Cl)C(=O)NC(c2cnc(N3CCOCC3)nc2)(c2ccsc2)C1. The molecule has 0 radical (unpaired) electrons. The Balaban J connectivity index is 1.53. The lowest BCUT2D eigenvalue weighted by Gasteiger charge is -2.39. The van der Waals surface area contributed by atoms with Crippen LogP contribution in [0.3, 0.4) is 0 Å². The first-order valence-electron chi connectivity index (χ1n) is 12.5. The van der Waals surface area contributed by atoms with Gasteiger partial charge in [-0.3, -0.25) is 4.79 Å². The number of hydrogen-bond acceptors (Lipinski definition) is 11. The molecular weight excluding hydrogens is 576 g/mol. The number of rotatable bonds is 9. The molecule has 0 aliphatic carbocycles. The lowest BCUT2D eigenvalue weighted by molar-refractivity contribution is -0.119. The van der Waals surface area contributed by atoms with Crippen molar-refractivity contribution in [2.75, 3.05) is 51.5 Å². The molecule has 1 aromatic carbocycles. The van der Waals surface area contributed by atoms with Crippen LogP contribution in [0.1, 0.15) is 17.5 Å². The van der Waals surface area contributed by atoms with Crippen molar-refractivity contribution >= 4 is 52.7 Å². The number of thioether (sulfide) groups is 1. The van der Waals surface area contributed by atoms with Crippen molar-refractivity contribution in [1.29, 1.82) is 0 Å². The topological polar surface area (TPSA) is 112 Å². The summed E-state index contributed by atoms with van der Waals surface area (Å²) in [6, 6.07) is 9.06. The Bertz CT molecular complexity index is 1370. The number of anilines is 1. The first-order chi connectivity index (χ1) is 19.5. The van der Waals surface area contributed by atoms with E-state index in [0.29, 0.717) is 47.7 Å². The van der Waals surface area contributed by atoms with Crippen LogP contribution in [0.5, 0.6) is 0 Å². The molecule has 0 spiro atoms. The Morgan fingerprint density at radius 3 is 2.65 bits per heavy atom. The highest BCUT2D eigenvalue weighted by molar-refractivity contribution is 8.04. The highest BCUT2D eigenvalue weighted by Crippen LogP contribution is 2.45. The molecule has 13 heteroatoms. The summed E-state index contributed by atoms with van der Waals surface area (Å²) in [5.41, 5.74) is 0.365. The molecular formula is C27H27ClN4O6S2. The van der Waals surface area contributed by atoms with E-state index in [1.54, 1.807) is 30.6 Å². The van der Waals surface area contributed by atoms with E-state index >= 15 is 0 Å². The second-order valence-corrected chi connectivity index (χ2v) is 11.1. The zero-order valence-electron chi connectivity index (χ0n) is 21.6. The third-order valence-corrected chi connectivity index (χ3v) is 8.73. The first kappa shape index (κ1) is 28.4. The van der Waals surface area contributed by atoms with Gasteiger partial charge in [0.05, 0.1) is 24.8 Å². The minimum absolute atomic E-state index is 0.00825. The Morgan fingerprint density at radius 1 is 1.18 bits per heavy atom. The van der Waals surface area contributed by atoms with Crippen molar-refractivity contribution in [3.63, 3.8) is 0 Å². The van der Waals surface area contributed by atoms with Gasteiger partial charge in [-0.2, -0.15) is 11.3 Å². The molecule has 1 amide bonds. The average Bonchev–Trinajstić information content (AvgIpc) is 3.52. The monoisotopic (exact) mass is 602 g/mol. The fourth-order valence-electron chi connectivity index (χ4n) is 4.39. The van der Waals surface area contributed by atoms with Crippen molar-refractivity contribution in [1.82, 2.24) is 15.3 Å². The van der Waals surface area contributed by atoms with E-state index in [1.165, 1.54) is 18.4 Å². The van der Waals surface area contributed by atoms with Crippen LogP contribution in [0.2, 0.25) is 5.02 Å². The smallest absolute Gasteiger partial charge is 0.432 e. The van der Waals surface area contributed by atoms with Crippen LogP contribution in [0, 0.1) is 0 Å². The summed E-state index contributed by atoms with van der Waals surface area (Å²) in [7, 11) is 1.50. The quantitative estimate of drug-likeness (QED) is 0.275. The van der Waals surface area contributed by atoms with Crippen molar-refractivity contribution in [3.05, 3.63) is 80.3 Å². The maximum absolute atomic E-state index is 13.8. The highest BCUT2D eigenvalue weighted by atomic mass is 35.5. The molecule has 4 heterocycles.